The van der Waals surface area contributed by atoms with Gasteiger partial charge < -0.3 is 10.1 Å². The lowest BCUT2D eigenvalue weighted by atomic mass is 10.2. The van der Waals surface area contributed by atoms with Crippen LogP contribution in [0.5, 0.6) is 0 Å². The molecule has 6 heteroatoms. The number of amides is 1. The zero-order valence-corrected chi connectivity index (χ0v) is 11.3. The summed E-state index contributed by atoms with van der Waals surface area (Å²) in [6.07, 6.45) is 0. The van der Waals surface area contributed by atoms with E-state index in [-0.39, 0.29) is 11.5 Å². The lowest BCUT2D eigenvalue weighted by Gasteiger charge is -2.08. The first-order valence-corrected chi connectivity index (χ1v) is 6.31. The SMILES string of the molecule is O=C(NCCOCCCl)c1c(Cl)cccc1Cl. The summed E-state index contributed by atoms with van der Waals surface area (Å²) in [5, 5.41) is 3.32. The van der Waals surface area contributed by atoms with Gasteiger partial charge in [0.2, 0.25) is 0 Å². The van der Waals surface area contributed by atoms with Crippen LogP contribution in [0.1, 0.15) is 10.4 Å². The zero-order chi connectivity index (χ0) is 12.7. The van der Waals surface area contributed by atoms with Crippen molar-refractivity contribution < 1.29 is 9.53 Å². The minimum Gasteiger partial charge on any atom is -0.378 e. The molecule has 0 fully saturated rings. The van der Waals surface area contributed by atoms with E-state index in [2.05, 4.69) is 5.32 Å². The Balaban J connectivity index is 2.47. The largest absolute Gasteiger partial charge is 0.378 e. The van der Waals surface area contributed by atoms with Crippen LogP contribution in [0.2, 0.25) is 10.0 Å². The van der Waals surface area contributed by atoms with Crippen molar-refractivity contribution >= 4 is 40.7 Å². The van der Waals surface area contributed by atoms with Gasteiger partial charge in [0.15, 0.2) is 0 Å². The summed E-state index contributed by atoms with van der Waals surface area (Å²) in [5.41, 5.74) is 0.285. The van der Waals surface area contributed by atoms with Gasteiger partial charge in [-0.15, -0.1) is 11.6 Å². The molecule has 0 saturated heterocycles. The van der Waals surface area contributed by atoms with Gasteiger partial charge in [-0.05, 0) is 12.1 Å². The average Bonchev–Trinajstić information content (AvgIpc) is 2.28. The van der Waals surface area contributed by atoms with E-state index in [1.807, 2.05) is 0 Å². The number of carbonyl (C=O) groups excluding carboxylic acids is 1. The summed E-state index contributed by atoms with van der Waals surface area (Å²) in [5.74, 6) is 0.125. The summed E-state index contributed by atoms with van der Waals surface area (Å²) >= 11 is 17.2. The Bertz CT molecular complexity index is 365. The van der Waals surface area contributed by atoms with E-state index >= 15 is 0 Å². The van der Waals surface area contributed by atoms with Crippen LogP contribution in [0.4, 0.5) is 0 Å². The standard InChI is InChI=1S/C11H12Cl3NO2/c12-4-6-17-7-5-15-11(16)10-8(13)2-1-3-9(10)14/h1-3H,4-7H2,(H,15,16). The van der Waals surface area contributed by atoms with Crippen molar-refractivity contribution in [3.63, 3.8) is 0 Å². The number of hydrogen-bond acceptors (Lipinski definition) is 2. The van der Waals surface area contributed by atoms with Gasteiger partial charge in [-0.25, -0.2) is 0 Å². The first kappa shape index (κ1) is 14.6. The van der Waals surface area contributed by atoms with Crippen molar-refractivity contribution in [2.75, 3.05) is 25.6 Å². The van der Waals surface area contributed by atoms with Crippen molar-refractivity contribution in [2.45, 2.75) is 0 Å². The van der Waals surface area contributed by atoms with Gasteiger partial charge >= 0.3 is 0 Å². The third kappa shape index (κ3) is 4.72. The Labute approximate surface area is 115 Å². The number of nitrogens with one attached hydrogen (secondary N) is 1. The van der Waals surface area contributed by atoms with Crippen molar-refractivity contribution in [2.24, 2.45) is 0 Å². The van der Waals surface area contributed by atoms with Gasteiger partial charge in [-0.1, -0.05) is 29.3 Å². The Morgan fingerprint density at radius 3 is 2.47 bits per heavy atom. The predicted molar refractivity (Wildman–Crippen MR) is 70.3 cm³/mol. The molecule has 0 radical (unpaired) electrons. The first-order chi connectivity index (χ1) is 8.16. The van der Waals surface area contributed by atoms with E-state index in [1.54, 1.807) is 18.2 Å². The number of rotatable bonds is 6. The molecule has 0 aromatic heterocycles. The molecule has 1 aromatic carbocycles. The molecule has 0 unspecified atom stereocenters. The predicted octanol–water partition coefficient (Wildman–Crippen LogP) is 2.98. The normalized spacial score (nSPS) is 10.3. The van der Waals surface area contributed by atoms with Gasteiger partial charge in [-0.2, -0.15) is 0 Å². The fourth-order valence-corrected chi connectivity index (χ4v) is 1.87. The highest BCUT2D eigenvalue weighted by atomic mass is 35.5. The van der Waals surface area contributed by atoms with E-state index in [9.17, 15) is 4.79 Å². The maximum Gasteiger partial charge on any atom is 0.254 e. The number of ether oxygens (including phenoxy) is 1. The highest BCUT2D eigenvalue weighted by molar-refractivity contribution is 6.39. The smallest absolute Gasteiger partial charge is 0.254 e. The molecule has 1 rings (SSSR count). The van der Waals surface area contributed by atoms with E-state index in [1.165, 1.54) is 0 Å². The highest BCUT2D eigenvalue weighted by Crippen LogP contribution is 2.23. The van der Waals surface area contributed by atoms with Gasteiger partial charge in [-0.3, -0.25) is 4.79 Å². The van der Waals surface area contributed by atoms with Crippen molar-refractivity contribution in [1.29, 1.82) is 0 Å². The second-order valence-electron chi connectivity index (χ2n) is 3.15. The number of benzene rings is 1. The van der Waals surface area contributed by atoms with Crippen LogP contribution in [0.15, 0.2) is 18.2 Å². The molecule has 17 heavy (non-hydrogen) atoms. The molecule has 0 spiro atoms. The molecule has 0 saturated carbocycles. The van der Waals surface area contributed by atoms with E-state index in [0.29, 0.717) is 35.7 Å². The minimum absolute atomic E-state index is 0.285. The number of halogens is 3. The molecular formula is C11H12Cl3NO2. The Kier molecular flexibility index (Phi) is 6.66. The monoisotopic (exact) mass is 295 g/mol. The second kappa shape index (κ2) is 7.77. The molecule has 0 atom stereocenters. The maximum atomic E-state index is 11.8. The summed E-state index contributed by atoms with van der Waals surface area (Å²) in [4.78, 5) is 11.8. The Morgan fingerprint density at radius 2 is 1.88 bits per heavy atom. The Morgan fingerprint density at radius 1 is 1.24 bits per heavy atom. The molecule has 1 amide bonds. The maximum absolute atomic E-state index is 11.8. The molecule has 3 nitrogen and oxygen atoms in total. The molecule has 0 aliphatic heterocycles. The van der Waals surface area contributed by atoms with Crippen molar-refractivity contribution in [3.8, 4) is 0 Å². The fourth-order valence-electron chi connectivity index (χ4n) is 1.20. The Hall–Kier alpha value is -0.480. The van der Waals surface area contributed by atoms with Crippen molar-refractivity contribution in [1.82, 2.24) is 5.32 Å². The molecule has 0 aliphatic carbocycles. The molecule has 0 heterocycles. The van der Waals surface area contributed by atoms with Gasteiger partial charge in [0.1, 0.15) is 0 Å². The van der Waals surface area contributed by atoms with Crippen LogP contribution in [-0.2, 0) is 4.74 Å². The van der Waals surface area contributed by atoms with Crippen LogP contribution >= 0.6 is 34.8 Å². The third-order valence-electron chi connectivity index (χ3n) is 1.94. The van der Waals surface area contributed by atoms with Crippen LogP contribution in [0, 0.1) is 0 Å². The zero-order valence-electron chi connectivity index (χ0n) is 9.01. The quantitative estimate of drug-likeness (QED) is 0.647. The molecule has 0 aliphatic rings. The second-order valence-corrected chi connectivity index (χ2v) is 4.35. The van der Waals surface area contributed by atoms with E-state index < -0.39 is 0 Å². The van der Waals surface area contributed by atoms with Crippen molar-refractivity contribution in [3.05, 3.63) is 33.8 Å². The fraction of sp³-hybridized carbons (Fsp3) is 0.364. The molecular weight excluding hydrogens is 284 g/mol. The van der Waals surface area contributed by atoms with Crippen LogP contribution in [-0.4, -0.2) is 31.5 Å². The summed E-state index contributed by atoms with van der Waals surface area (Å²) < 4.78 is 5.12. The number of hydrogen-bond donors (Lipinski definition) is 1. The molecule has 94 valence electrons. The van der Waals surface area contributed by atoms with Crippen LogP contribution in [0.3, 0.4) is 0 Å². The third-order valence-corrected chi connectivity index (χ3v) is 2.73. The summed E-state index contributed by atoms with van der Waals surface area (Å²) in [6.45, 7) is 1.25. The first-order valence-electron chi connectivity index (χ1n) is 5.02. The van der Waals surface area contributed by atoms with Crippen LogP contribution < -0.4 is 5.32 Å². The van der Waals surface area contributed by atoms with E-state index in [4.69, 9.17) is 39.5 Å². The topological polar surface area (TPSA) is 38.3 Å². The number of alkyl halides is 1. The lowest BCUT2D eigenvalue weighted by Crippen LogP contribution is -2.28. The average molecular weight is 297 g/mol. The highest BCUT2D eigenvalue weighted by Gasteiger charge is 2.13. The van der Waals surface area contributed by atoms with E-state index in [0.717, 1.165) is 0 Å². The summed E-state index contributed by atoms with van der Waals surface area (Å²) in [6, 6.07) is 4.92. The minimum atomic E-state index is -0.310. The molecule has 0 bridgehead atoms. The van der Waals surface area contributed by atoms with Gasteiger partial charge in [0, 0.05) is 12.4 Å². The molecule has 1 N–H and O–H groups in total. The summed E-state index contributed by atoms with van der Waals surface area (Å²) in [7, 11) is 0. The lowest BCUT2D eigenvalue weighted by molar-refractivity contribution is 0.0924. The molecule has 1 aromatic rings. The number of carbonyl (C=O) groups is 1. The van der Waals surface area contributed by atoms with Gasteiger partial charge in [0.25, 0.3) is 5.91 Å². The van der Waals surface area contributed by atoms with Crippen LogP contribution in [0.25, 0.3) is 0 Å². The van der Waals surface area contributed by atoms with Gasteiger partial charge in [0.05, 0.1) is 28.8 Å².